The monoisotopic (exact) mass is 315 g/mol. The van der Waals surface area contributed by atoms with Crippen molar-refractivity contribution < 1.29 is 9.47 Å². The van der Waals surface area contributed by atoms with Gasteiger partial charge in [-0.1, -0.05) is 18.7 Å². The highest BCUT2D eigenvalue weighted by Gasteiger charge is 2.45. The third kappa shape index (κ3) is 3.17. The van der Waals surface area contributed by atoms with Crippen LogP contribution in [0.5, 0.6) is 0 Å². The third-order valence-corrected chi connectivity index (χ3v) is 6.04. The van der Waals surface area contributed by atoms with Crippen LogP contribution in [0.2, 0.25) is 0 Å². The molecule has 112 valence electrons. The molecule has 0 aromatic carbocycles. The number of thioether (sulfide) groups is 1. The summed E-state index contributed by atoms with van der Waals surface area (Å²) in [6, 6.07) is 0.493. The molecule has 1 saturated heterocycles. The highest BCUT2D eigenvalue weighted by molar-refractivity contribution is 8.01. The molecular formula is C13H21N3O2S2. The molecule has 0 amide bonds. The molecule has 1 spiro atoms. The van der Waals surface area contributed by atoms with E-state index in [1.165, 1.54) is 11.5 Å². The zero-order valence-electron chi connectivity index (χ0n) is 11.9. The van der Waals surface area contributed by atoms with E-state index in [9.17, 15) is 0 Å². The molecule has 1 aliphatic carbocycles. The molecule has 5 nitrogen and oxygen atoms in total. The largest absolute Gasteiger partial charge is 0.347 e. The van der Waals surface area contributed by atoms with Gasteiger partial charge >= 0.3 is 0 Å². The Morgan fingerprint density at radius 3 is 2.90 bits per heavy atom. The Labute approximate surface area is 128 Å². The van der Waals surface area contributed by atoms with E-state index in [4.69, 9.17) is 9.47 Å². The molecule has 3 rings (SSSR count). The van der Waals surface area contributed by atoms with Gasteiger partial charge in [-0.15, -0.1) is 0 Å². The molecule has 1 aromatic rings. The molecule has 2 atom stereocenters. The number of hydrogen-bond acceptors (Lipinski definition) is 7. The highest BCUT2D eigenvalue weighted by atomic mass is 32.2. The van der Waals surface area contributed by atoms with Crippen molar-refractivity contribution in [2.75, 3.05) is 19.8 Å². The summed E-state index contributed by atoms with van der Waals surface area (Å²) in [5.74, 6) is 0.514. The average molecular weight is 315 g/mol. The summed E-state index contributed by atoms with van der Waals surface area (Å²) >= 11 is 3.30. The topological polar surface area (TPSA) is 56.3 Å². The lowest BCUT2D eigenvalue weighted by Crippen LogP contribution is -2.49. The lowest BCUT2D eigenvalue weighted by Gasteiger charge is -2.40. The van der Waals surface area contributed by atoms with Crippen LogP contribution in [0.25, 0.3) is 0 Å². The number of nitrogens with one attached hydrogen (secondary N) is 1. The van der Waals surface area contributed by atoms with Crippen LogP contribution in [0.4, 0.5) is 0 Å². The minimum atomic E-state index is -0.344. The number of aromatic nitrogens is 2. The highest BCUT2D eigenvalue weighted by Crippen LogP contribution is 2.42. The van der Waals surface area contributed by atoms with Crippen molar-refractivity contribution in [3.8, 4) is 0 Å². The summed E-state index contributed by atoms with van der Waals surface area (Å²) < 4.78 is 17.1. The predicted molar refractivity (Wildman–Crippen MR) is 80.2 cm³/mol. The van der Waals surface area contributed by atoms with Crippen LogP contribution < -0.4 is 5.32 Å². The lowest BCUT2D eigenvalue weighted by atomic mass is 9.89. The van der Waals surface area contributed by atoms with Crippen LogP contribution in [0.15, 0.2) is 4.34 Å². The molecule has 1 saturated carbocycles. The van der Waals surface area contributed by atoms with Crippen LogP contribution in [0.1, 0.15) is 32.0 Å². The van der Waals surface area contributed by atoms with Crippen LogP contribution in [0, 0.1) is 6.92 Å². The van der Waals surface area contributed by atoms with Gasteiger partial charge in [0.05, 0.1) is 13.2 Å². The van der Waals surface area contributed by atoms with E-state index in [0.717, 1.165) is 49.2 Å². The van der Waals surface area contributed by atoms with Gasteiger partial charge in [0, 0.05) is 24.1 Å². The molecule has 2 aliphatic rings. The SMILES string of the molecule is CCNC1CCC2(CC1Sc1nc(C)ns1)OCCO2. The fourth-order valence-electron chi connectivity index (χ4n) is 2.95. The molecular weight excluding hydrogens is 294 g/mol. The molecule has 7 heteroatoms. The first-order valence-corrected chi connectivity index (χ1v) is 8.84. The van der Waals surface area contributed by atoms with Crippen molar-refractivity contribution in [3.63, 3.8) is 0 Å². The molecule has 1 aromatic heterocycles. The van der Waals surface area contributed by atoms with Crippen molar-refractivity contribution >= 4 is 23.3 Å². The first kappa shape index (κ1) is 14.7. The van der Waals surface area contributed by atoms with E-state index < -0.39 is 0 Å². The summed E-state index contributed by atoms with van der Waals surface area (Å²) in [7, 11) is 0. The second-order valence-corrected chi connectivity index (χ2v) is 7.52. The summed E-state index contributed by atoms with van der Waals surface area (Å²) in [4.78, 5) is 4.48. The molecule has 2 heterocycles. The minimum Gasteiger partial charge on any atom is -0.347 e. The van der Waals surface area contributed by atoms with Crippen molar-refractivity contribution in [3.05, 3.63) is 5.82 Å². The van der Waals surface area contributed by atoms with Crippen molar-refractivity contribution in [1.29, 1.82) is 0 Å². The van der Waals surface area contributed by atoms with E-state index in [1.807, 2.05) is 18.7 Å². The maximum Gasteiger partial charge on any atom is 0.170 e. The maximum absolute atomic E-state index is 5.89. The van der Waals surface area contributed by atoms with Crippen molar-refractivity contribution in [1.82, 2.24) is 14.7 Å². The van der Waals surface area contributed by atoms with Gasteiger partial charge in [-0.25, -0.2) is 4.98 Å². The van der Waals surface area contributed by atoms with Crippen LogP contribution in [-0.4, -0.2) is 46.2 Å². The van der Waals surface area contributed by atoms with Gasteiger partial charge in [0.15, 0.2) is 10.1 Å². The van der Waals surface area contributed by atoms with E-state index >= 15 is 0 Å². The lowest BCUT2D eigenvalue weighted by molar-refractivity contribution is -0.178. The average Bonchev–Trinajstić information content (AvgIpc) is 3.04. The molecule has 1 N–H and O–H groups in total. The summed E-state index contributed by atoms with van der Waals surface area (Å²) in [6.45, 7) is 6.53. The molecule has 0 radical (unpaired) electrons. The minimum absolute atomic E-state index is 0.344. The van der Waals surface area contributed by atoms with E-state index in [1.54, 1.807) is 0 Å². The Balaban J connectivity index is 1.71. The number of hydrogen-bond donors (Lipinski definition) is 1. The van der Waals surface area contributed by atoms with Crippen LogP contribution in [-0.2, 0) is 9.47 Å². The first-order chi connectivity index (χ1) is 9.71. The van der Waals surface area contributed by atoms with E-state index in [-0.39, 0.29) is 5.79 Å². The molecule has 1 aliphatic heterocycles. The normalized spacial score (nSPS) is 29.1. The van der Waals surface area contributed by atoms with Gasteiger partial charge in [-0.05, 0) is 31.4 Å². The molecule has 2 unspecified atom stereocenters. The van der Waals surface area contributed by atoms with Crippen molar-refractivity contribution in [2.24, 2.45) is 0 Å². The number of nitrogens with zero attached hydrogens (tertiary/aromatic N) is 2. The summed E-state index contributed by atoms with van der Waals surface area (Å²) in [5.41, 5.74) is 0. The zero-order valence-corrected chi connectivity index (χ0v) is 13.6. The number of aryl methyl sites for hydroxylation is 1. The first-order valence-electron chi connectivity index (χ1n) is 7.19. The van der Waals surface area contributed by atoms with E-state index in [2.05, 4.69) is 21.6 Å². The van der Waals surface area contributed by atoms with Gasteiger partial charge in [0.25, 0.3) is 0 Å². The fourth-order valence-corrected chi connectivity index (χ4v) is 5.20. The summed E-state index contributed by atoms with van der Waals surface area (Å²) in [5, 5.41) is 4.02. The third-order valence-electron chi connectivity index (χ3n) is 3.84. The summed E-state index contributed by atoms with van der Waals surface area (Å²) in [6.07, 6.45) is 2.99. The van der Waals surface area contributed by atoms with Gasteiger partial charge in [0.2, 0.25) is 0 Å². The van der Waals surface area contributed by atoms with Gasteiger partial charge in [0.1, 0.15) is 5.82 Å². The van der Waals surface area contributed by atoms with Crippen molar-refractivity contribution in [2.45, 2.75) is 54.5 Å². The molecule has 20 heavy (non-hydrogen) atoms. The maximum atomic E-state index is 5.89. The standard InChI is InChI=1S/C13H21N3O2S2/c1-3-14-10-4-5-13(17-6-7-18-13)8-11(10)19-12-15-9(2)16-20-12/h10-11,14H,3-8H2,1-2H3. The Bertz CT molecular complexity index is 449. The molecule has 0 bridgehead atoms. The second kappa shape index (κ2) is 6.27. The van der Waals surface area contributed by atoms with Crippen LogP contribution in [0.3, 0.4) is 0 Å². The van der Waals surface area contributed by atoms with Gasteiger partial charge < -0.3 is 14.8 Å². The smallest absolute Gasteiger partial charge is 0.170 e. The zero-order chi connectivity index (χ0) is 14.0. The molecule has 2 fully saturated rings. The van der Waals surface area contributed by atoms with Gasteiger partial charge in [-0.3, -0.25) is 0 Å². The number of ether oxygens (including phenoxy) is 2. The van der Waals surface area contributed by atoms with E-state index in [0.29, 0.717) is 11.3 Å². The predicted octanol–water partition coefficient (Wildman–Crippen LogP) is 2.21. The fraction of sp³-hybridized carbons (Fsp3) is 0.846. The van der Waals surface area contributed by atoms with Gasteiger partial charge in [-0.2, -0.15) is 4.37 Å². The number of rotatable bonds is 4. The Morgan fingerprint density at radius 2 is 2.25 bits per heavy atom. The Morgan fingerprint density at radius 1 is 1.45 bits per heavy atom. The quantitative estimate of drug-likeness (QED) is 0.919. The second-order valence-electron chi connectivity index (χ2n) is 5.28. The van der Waals surface area contributed by atoms with Crippen LogP contribution >= 0.6 is 23.3 Å². The Hall–Kier alpha value is -0.210. The Kier molecular flexibility index (Phi) is 4.62.